The first kappa shape index (κ1) is 28.8. The molecule has 0 unspecified atom stereocenters. The molecule has 2 fully saturated rings. The minimum atomic E-state index is -0.797. The monoisotopic (exact) mass is 539 g/mol. The first-order chi connectivity index (χ1) is 18.9. The maximum atomic E-state index is 13.8. The lowest BCUT2D eigenvalue weighted by Crippen LogP contribution is -2.56. The van der Waals surface area contributed by atoms with E-state index in [1.807, 2.05) is 0 Å². The molecule has 1 aromatic heterocycles. The van der Waals surface area contributed by atoms with E-state index < -0.39 is 12.1 Å². The van der Waals surface area contributed by atoms with Gasteiger partial charge in [-0.3, -0.25) is 9.59 Å². The van der Waals surface area contributed by atoms with Gasteiger partial charge in [-0.2, -0.15) is 0 Å². The highest BCUT2D eigenvalue weighted by Gasteiger charge is 2.47. The van der Waals surface area contributed by atoms with E-state index in [-0.39, 0.29) is 23.6 Å². The number of hydrogen-bond acceptors (Lipinski definition) is 4. The summed E-state index contributed by atoms with van der Waals surface area (Å²) in [5, 5.41) is 5.66. The summed E-state index contributed by atoms with van der Waals surface area (Å²) in [5.41, 5.74) is 1.26. The number of carbonyl (C=O) groups is 3. The number of imidazole rings is 1. The molecule has 1 aliphatic carbocycles. The zero-order valence-corrected chi connectivity index (χ0v) is 23.0. The van der Waals surface area contributed by atoms with Crippen molar-refractivity contribution in [2.24, 2.45) is 11.3 Å². The summed E-state index contributed by atoms with van der Waals surface area (Å²) in [5.74, 6) is 0.247. The largest absolute Gasteiger partial charge is 0.351 e. The maximum Gasteiger partial charge on any atom is 0.315 e. The van der Waals surface area contributed by atoms with Crippen LogP contribution >= 0.6 is 0 Å². The SMILES string of the molecule is CCCC(=O)C1(C2CCCCC2)CCN(C(=O)[C@@H](Cc2ccc(F)cc2)NC(=O)NCCc2c[nH]cn2)CC1. The van der Waals surface area contributed by atoms with Gasteiger partial charge in [0.05, 0.1) is 12.0 Å². The van der Waals surface area contributed by atoms with E-state index in [0.29, 0.717) is 57.0 Å². The van der Waals surface area contributed by atoms with Gasteiger partial charge in [0.25, 0.3) is 0 Å². The first-order valence-electron chi connectivity index (χ1n) is 14.5. The lowest BCUT2D eigenvalue weighted by molar-refractivity contribution is -0.144. The van der Waals surface area contributed by atoms with Crippen molar-refractivity contribution >= 4 is 17.7 Å². The van der Waals surface area contributed by atoms with Crippen LogP contribution in [0.15, 0.2) is 36.8 Å². The topological polar surface area (TPSA) is 107 Å². The number of nitrogens with one attached hydrogen (secondary N) is 3. The minimum Gasteiger partial charge on any atom is -0.351 e. The van der Waals surface area contributed by atoms with E-state index >= 15 is 0 Å². The third-order valence-corrected chi connectivity index (χ3v) is 8.56. The summed E-state index contributed by atoms with van der Waals surface area (Å²) in [6.07, 6.45) is 12.8. The Kier molecular flexibility index (Phi) is 10.1. The number of amides is 3. The summed E-state index contributed by atoms with van der Waals surface area (Å²) in [7, 11) is 0. The van der Waals surface area contributed by atoms with Gasteiger partial charge in [-0.25, -0.2) is 14.2 Å². The van der Waals surface area contributed by atoms with Crippen LogP contribution in [-0.2, 0) is 22.4 Å². The predicted octanol–water partition coefficient (Wildman–Crippen LogP) is 4.56. The highest BCUT2D eigenvalue weighted by Crippen LogP contribution is 2.47. The van der Waals surface area contributed by atoms with Crippen LogP contribution < -0.4 is 10.6 Å². The van der Waals surface area contributed by atoms with Gasteiger partial charge in [0, 0.05) is 50.5 Å². The molecule has 1 saturated heterocycles. The van der Waals surface area contributed by atoms with Crippen LogP contribution in [0.2, 0.25) is 0 Å². The molecule has 1 saturated carbocycles. The summed E-state index contributed by atoms with van der Waals surface area (Å²) >= 11 is 0. The molecular weight excluding hydrogens is 497 g/mol. The molecule has 3 amide bonds. The van der Waals surface area contributed by atoms with Crippen molar-refractivity contribution in [1.29, 1.82) is 0 Å². The molecule has 212 valence electrons. The second-order valence-corrected chi connectivity index (χ2v) is 11.1. The molecule has 4 rings (SSSR count). The second-order valence-electron chi connectivity index (χ2n) is 11.1. The number of nitrogens with zero attached hydrogens (tertiary/aromatic N) is 2. The van der Waals surface area contributed by atoms with Crippen molar-refractivity contribution in [2.45, 2.75) is 83.6 Å². The van der Waals surface area contributed by atoms with Gasteiger partial charge in [-0.1, -0.05) is 38.3 Å². The Morgan fingerprint density at radius 2 is 1.85 bits per heavy atom. The number of halogens is 1. The normalized spacial score (nSPS) is 18.4. The van der Waals surface area contributed by atoms with Crippen molar-refractivity contribution in [2.75, 3.05) is 19.6 Å². The molecule has 2 aliphatic rings. The highest BCUT2D eigenvalue weighted by atomic mass is 19.1. The Bertz CT molecular complexity index is 1070. The number of aromatic nitrogens is 2. The molecule has 1 aliphatic heterocycles. The van der Waals surface area contributed by atoms with Crippen LogP contribution in [0, 0.1) is 17.2 Å². The van der Waals surface area contributed by atoms with Crippen LogP contribution in [-0.4, -0.2) is 58.3 Å². The van der Waals surface area contributed by atoms with Crippen LogP contribution in [0.1, 0.15) is 76.0 Å². The number of Topliss-reactive ketones (excluding diaryl/α,β-unsaturated/α-hetero) is 1. The molecule has 1 atom stereocenters. The third-order valence-electron chi connectivity index (χ3n) is 8.56. The Morgan fingerprint density at radius 1 is 1.13 bits per heavy atom. The molecule has 0 radical (unpaired) electrons. The number of rotatable bonds is 11. The number of likely N-dealkylation sites (tertiary alicyclic amines) is 1. The zero-order valence-electron chi connectivity index (χ0n) is 23.0. The van der Waals surface area contributed by atoms with Gasteiger partial charge in [0.15, 0.2) is 0 Å². The standard InChI is InChI=1S/C30H42FN5O3/c1-2-6-27(37)30(23-7-4-3-5-8-23)14-17-36(18-15-30)28(38)26(19-22-9-11-24(31)12-10-22)35-29(39)33-16-13-25-20-32-21-34-25/h9-12,20-21,23,26H,2-8,13-19H2,1H3,(H,32,34)(H2,33,35,39)/t26-/m1/s1. The quantitative estimate of drug-likeness (QED) is 0.389. The predicted molar refractivity (Wildman–Crippen MR) is 147 cm³/mol. The van der Waals surface area contributed by atoms with Gasteiger partial charge in [0.1, 0.15) is 17.6 Å². The average Bonchev–Trinajstić information content (AvgIpc) is 3.48. The lowest BCUT2D eigenvalue weighted by Gasteiger charge is -2.47. The lowest BCUT2D eigenvalue weighted by atomic mass is 9.61. The summed E-state index contributed by atoms with van der Waals surface area (Å²) in [6, 6.07) is 4.77. The van der Waals surface area contributed by atoms with E-state index in [2.05, 4.69) is 27.5 Å². The Hall–Kier alpha value is -3.23. The van der Waals surface area contributed by atoms with Crippen molar-refractivity contribution in [3.8, 4) is 0 Å². The van der Waals surface area contributed by atoms with Crippen LogP contribution in [0.3, 0.4) is 0 Å². The number of benzene rings is 1. The van der Waals surface area contributed by atoms with Crippen molar-refractivity contribution in [3.63, 3.8) is 0 Å². The van der Waals surface area contributed by atoms with Gasteiger partial charge < -0.3 is 20.5 Å². The van der Waals surface area contributed by atoms with Crippen LogP contribution in [0.25, 0.3) is 0 Å². The van der Waals surface area contributed by atoms with Crippen LogP contribution in [0.5, 0.6) is 0 Å². The van der Waals surface area contributed by atoms with Crippen molar-refractivity contribution in [1.82, 2.24) is 25.5 Å². The molecule has 9 heteroatoms. The highest BCUT2D eigenvalue weighted by molar-refractivity contribution is 5.88. The van der Waals surface area contributed by atoms with Crippen LogP contribution in [0.4, 0.5) is 9.18 Å². The fourth-order valence-corrected chi connectivity index (χ4v) is 6.39. The summed E-state index contributed by atoms with van der Waals surface area (Å²) < 4.78 is 13.5. The van der Waals surface area contributed by atoms with E-state index in [4.69, 9.17) is 0 Å². The van der Waals surface area contributed by atoms with Gasteiger partial charge in [-0.15, -0.1) is 0 Å². The molecule has 0 bridgehead atoms. The number of aromatic amines is 1. The Morgan fingerprint density at radius 3 is 2.49 bits per heavy atom. The molecule has 0 spiro atoms. The molecule has 2 heterocycles. The number of ketones is 1. The maximum absolute atomic E-state index is 13.8. The van der Waals surface area contributed by atoms with Gasteiger partial charge in [0.2, 0.25) is 5.91 Å². The molecule has 8 nitrogen and oxygen atoms in total. The Labute approximate surface area is 230 Å². The van der Waals surface area contributed by atoms with Crippen molar-refractivity contribution < 1.29 is 18.8 Å². The number of piperidine rings is 1. The van der Waals surface area contributed by atoms with E-state index in [1.165, 1.54) is 31.4 Å². The van der Waals surface area contributed by atoms with Gasteiger partial charge >= 0.3 is 6.03 Å². The molecule has 1 aromatic carbocycles. The zero-order chi connectivity index (χ0) is 27.7. The molecule has 3 N–H and O–H groups in total. The number of H-pyrrole nitrogens is 1. The number of urea groups is 1. The summed E-state index contributed by atoms with van der Waals surface area (Å²) in [6.45, 7) is 3.44. The van der Waals surface area contributed by atoms with E-state index in [9.17, 15) is 18.8 Å². The molecular formula is C30H42FN5O3. The fourth-order valence-electron chi connectivity index (χ4n) is 6.39. The third kappa shape index (κ3) is 7.46. The average molecular weight is 540 g/mol. The number of carbonyl (C=O) groups excluding carboxylic acids is 3. The molecule has 39 heavy (non-hydrogen) atoms. The second kappa shape index (κ2) is 13.7. The minimum absolute atomic E-state index is 0.165. The Balaban J connectivity index is 1.42. The fraction of sp³-hybridized carbons (Fsp3) is 0.600. The summed E-state index contributed by atoms with van der Waals surface area (Å²) in [4.78, 5) is 48.8. The van der Waals surface area contributed by atoms with E-state index in [1.54, 1.807) is 29.6 Å². The van der Waals surface area contributed by atoms with E-state index in [0.717, 1.165) is 30.5 Å². The smallest absolute Gasteiger partial charge is 0.315 e. The number of hydrogen-bond donors (Lipinski definition) is 3. The first-order valence-corrected chi connectivity index (χ1v) is 14.5. The van der Waals surface area contributed by atoms with Crippen molar-refractivity contribution in [3.05, 3.63) is 53.9 Å². The molecule has 2 aromatic rings. The van der Waals surface area contributed by atoms with Gasteiger partial charge in [-0.05, 0) is 55.7 Å².